The average molecular weight is 284 g/mol. The number of carbonyl (C=O) groups excluding carboxylic acids is 2. The monoisotopic (exact) mass is 284 g/mol. The van der Waals surface area contributed by atoms with E-state index in [4.69, 9.17) is 0 Å². The van der Waals surface area contributed by atoms with Crippen LogP contribution in [0, 0.1) is 0 Å². The van der Waals surface area contributed by atoms with Crippen molar-refractivity contribution in [3.8, 4) is 0 Å². The Hall–Kier alpha value is -1.40. The Morgan fingerprint density at radius 2 is 2.05 bits per heavy atom. The number of hydrogen-bond donors (Lipinski definition) is 2. The summed E-state index contributed by atoms with van der Waals surface area (Å²) in [7, 11) is 1.38. The number of esters is 1. The molecule has 0 unspecified atom stereocenters. The zero-order valence-corrected chi connectivity index (χ0v) is 12.1. The quantitative estimate of drug-likeness (QED) is 0.701. The number of amides is 1. The van der Waals surface area contributed by atoms with E-state index >= 15 is 0 Å². The van der Waals surface area contributed by atoms with Crippen molar-refractivity contribution in [1.82, 2.24) is 10.6 Å². The fraction of sp³-hybridized carbons (Fsp3) is 0.538. The zero-order chi connectivity index (χ0) is 14.1. The number of thiophene rings is 1. The Balaban J connectivity index is 2.26. The van der Waals surface area contributed by atoms with E-state index in [1.807, 2.05) is 19.1 Å². The van der Waals surface area contributed by atoms with Gasteiger partial charge in [0.1, 0.15) is 0 Å². The highest BCUT2D eigenvalue weighted by Crippen LogP contribution is 2.17. The molecule has 0 radical (unpaired) electrons. The van der Waals surface area contributed by atoms with E-state index in [0.717, 1.165) is 16.2 Å². The van der Waals surface area contributed by atoms with Crippen molar-refractivity contribution in [2.24, 2.45) is 0 Å². The average Bonchev–Trinajstić information content (AvgIpc) is 2.83. The second kappa shape index (κ2) is 8.66. The summed E-state index contributed by atoms with van der Waals surface area (Å²) in [5, 5.41) is 5.87. The smallest absolute Gasteiger partial charge is 0.310 e. The number of carbonyl (C=O) groups is 2. The molecule has 6 heteroatoms. The molecule has 0 aliphatic rings. The lowest BCUT2D eigenvalue weighted by molar-refractivity contribution is -0.139. The van der Waals surface area contributed by atoms with Crippen LogP contribution in [0.5, 0.6) is 0 Å². The molecule has 0 bridgehead atoms. The predicted molar refractivity (Wildman–Crippen MR) is 75.0 cm³/mol. The van der Waals surface area contributed by atoms with Crippen molar-refractivity contribution < 1.29 is 14.3 Å². The van der Waals surface area contributed by atoms with Crippen LogP contribution in [0.15, 0.2) is 12.1 Å². The lowest BCUT2D eigenvalue weighted by Crippen LogP contribution is -2.33. The van der Waals surface area contributed by atoms with Crippen LogP contribution in [0.3, 0.4) is 0 Å². The second-order valence-corrected chi connectivity index (χ2v) is 5.33. The summed E-state index contributed by atoms with van der Waals surface area (Å²) in [4.78, 5) is 24.5. The van der Waals surface area contributed by atoms with Gasteiger partial charge < -0.3 is 15.4 Å². The number of hydrogen-bond acceptors (Lipinski definition) is 5. The van der Waals surface area contributed by atoms with E-state index in [-0.39, 0.29) is 11.9 Å². The van der Waals surface area contributed by atoms with Gasteiger partial charge in [0.2, 0.25) is 5.91 Å². The maximum absolute atomic E-state index is 11.4. The van der Waals surface area contributed by atoms with Gasteiger partial charge in [-0.25, -0.2) is 0 Å². The molecule has 1 rings (SSSR count). The SMILES string of the molecule is CCCNC(=O)CNCc1ccc(CC(=O)OC)s1. The van der Waals surface area contributed by atoms with Gasteiger partial charge in [-0.05, 0) is 18.6 Å². The first-order valence-corrected chi connectivity index (χ1v) is 7.09. The van der Waals surface area contributed by atoms with Gasteiger partial charge in [0, 0.05) is 22.8 Å². The Morgan fingerprint density at radius 1 is 1.32 bits per heavy atom. The van der Waals surface area contributed by atoms with E-state index in [9.17, 15) is 9.59 Å². The van der Waals surface area contributed by atoms with Crippen LogP contribution >= 0.6 is 11.3 Å². The normalized spacial score (nSPS) is 10.2. The third-order valence-corrected chi connectivity index (χ3v) is 3.51. The molecule has 0 aliphatic carbocycles. The van der Waals surface area contributed by atoms with Gasteiger partial charge in [-0.15, -0.1) is 11.3 Å². The van der Waals surface area contributed by atoms with E-state index in [0.29, 0.717) is 26.1 Å². The van der Waals surface area contributed by atoms with Gasteiger partial charge in [0.15, 0.2) is 0 Å². The highest BCUT2D eigenvalue weighted by molar-refractivity contribution is 7.12. The highest BCUT2D eigenvalue weighted by atomic mass is 32.1. The van der Waals surface area contributed by atoms with Crippen LogP contribution in [0.4, 0.5) is 0 Å². The third kappa shape index (κ3) is 6.35. The molecule has 0 aliphatic heterocycles. The molecule has 0 atom stereocenters. The fourth-order valence-corrected chi connectivity index (χ4v) is 2.43. The predicted octanol–water partition coefficient (Wildman–Crippen LogP) is 1.08. The van der Waals surface area contributed by atoms with Crippen LogP contribution in [0.25, 0.3) is 0 Å². The van der Waals surface area contributed by atoms with Gasteiger partial charge in [-0.1, -0.05) is 6.92 Å². The van der Waals surface area contributed by atoms with Gasteiger partial charge in [-0.3, -0.25) is 9.59 Å². The summed E-state index contributed by atoms with van der Waals surface area (Å²) in [6.45, 7) is 3.67. The van der Waals surface area contributed by atoms with Crippen LogP contribution in [-0.4, -0.2) is 32.1 Å². The summed E-state index contributed by atoms with van der Waals surface area (Å²) in [6.07, 6.45) is 1.24. The van der Waals surface area contributed by atoms with Crippen LogP contribution < -0.4 is 10.6 Å². The molecule has 1 aromatic rings. The standard InChI is InChI=1S/C13H20N2O3S/c1-3-6-15-12(16)9-14-8-11-5-4-10(19-11)7-13(17)18-2/h4-5,14H,3,6-9H2,1-2H3,(H,15,16). The molecular formula is C13H20N2O3S. The van der Waals surface area contributed by atoms with E-state index in [1.54, 1.807) is 11.3 Å². The molecule has 0 saturated carbocycles. The molecule has 0 spiro atoms. The van der Waals surface area contributed by atoms with Gasteiger partial charge in [-0.2, -0.15) is 0 Å². The molecular weight excluding hydrogens is 264 g/mol. The first-order valence-electron chi connectivity index (χ1n) is 6.27. The minimum Gasteiger partial charge on any atom is -0.469 e. The highest BCUT2D eigenvalue weighted by Gasteiger charge is 2.06. The molecule has 0 saturated heterocycles. The summed E-state index contributed by atoms with van der Waals surface area (Å²) >= 11 is 1.55. The number of rotatable bonds is 8. The van der Waals surface area contributed by atoms with Crippen molar-refractivity contribution in [3.63, 3.8) is 0 Å². The molecule has 0 aromatic carbocycles. The molecule has 5 nitrogen and oxygen atoms in total. The molecule has 2 N–H and O–H groups in total. The Morgan fingerprint density at radius 3 is 2.74 bits per heavy atom. The molecule has 1 heterocycles. The Bertz CT molecular complexity index is 418. The molecule has 106 valence electrons. The molecule has 0 fully saturated rings. The molecule has 19 heavy (non-hydrogen) atoms. The molecule has 1 amide bonds. The summed E-state index contributed by atoms with van der Waals surface area (Å²) in [5.41, 5.74) is 0. The second-order valence-electron chi connectivity index (χ2n) is 4.07. The van der Waals surface area contributed by atoms with Crippen LogP contribution in [-0.2, 0) is 27.3 Å². The minimum absolute atomic E-state index is 0.00758. The van der Waals surface area contributed by atoms with E-state index in [2.05, 4.69) is 15.4 Å². The first-order chi connectivity index (χ1) is 9.15. The van der Waals surface area contributed by atoms with Crippen molar-refractivity contribution >= 4 is 23.2 Å². The number of nitrogens with one attached hydrogen (secondary N) is 2. The Labute approximate surface area is 117 Å². The number of methoxy groups -OCH3 is 1. The summed E-state index contributed by atoms with van der Waals surface area (Å²) < 4.78 is 4.61. The fourth-order valence-electron chi connectivity index (χ4n) is 1.45. The summed E-state index contributed by atoms with van der Waals surface area (Å²) in [6, 6.07) is 3.87. The van der Waals surface area contributed by atoms with Crippen LogP contribution in [0.2, 0.25) is 0 Å². The maximum Gasteiger partial charge on any atom is 0.310 e. The van der Waals surface area contributed by atoms with Crippen molar-refractivity contribution in [2.75, 3.05) is 20.2 Å². The number of ether oxygens (including phenoxy) is 1. The third-order valence-electron chi connectivity index (χ3n) is 2.42. The topological polar surface area (TPSA) is 67.4 Å². The van der Waals surface area contributed by atoms with Crippen molar-refractivity contribution in [1.29, 1.82) is 0 Å². The Kier molecular flexibility index (Phi) is 7.14. The zero-order valence-electron chi connectivity index (χ0n) is 11.3. The lowest BCUT2D eigenvalue weighted by Gasteiger charge is -2.04. The van der Waals surface area contributed by atoms with Gasteiger partial charge in [0.05, 0.1) is 20.1 Å². The largest absolute Gasteiger partial charge is 0.469 e. The van der Waals surface area contributed by atoms with E-state index < -0.39 is 0 Å². The van der Waals surface area contributed by atoms with Crippen molar-refractivity contribution in [3.05, 3.63) is 21.9 Å². The molecule has 1 aromatic heterocycles. The van der Waals surface area contributed by atoms with Gasteiger partial charge >= 0.3 is 5.97 Å². The summed E-state index contributed by atoms with van der Waals surface area (Å²) in [5.74, 6) is -0.228. The lowest BCUT2D eigenvalue weighted by atomic mass is 10.3. The van der Waals surface area contributed by atoms with Crippen LogP contribution in [0.1, 0.15) is 23.1 Å². The van der Waals surface area contributed by atoms with Crippen molar-refractivity contribution in [2.45, 2.75) is 26.3 Å². The minimum atomic E-state index is -0.236. The van der Waals surface area contributed by atoms with Gasteiger partial charge in [0.25, 0.3) is 0 Å². The first kappa shape index (κ1) is 15.7. The van der Waals surface area contributed by atoms with E-state index in [1.165, 1.54) is 7.11 Å². The maximum atomic E-state index is 11.4.